The molecule has 2 heterocycles. The number of thiophene rings is 1. The van der Waals surface area contributed by atoms with E-state index in [0.29, 0.717) is 22.0 Å². The highest BCUT2D eigenvalue weighted by atomic mass is 35.5. The smallest absolute Gasteiger partial charge is 0.282 e. The Morgan fingerprint density at radius 3 is 2.39 bits per heavy atom. The van der Waals surface area contributed by atoms with Crippen LogP contribution in [0.3, 0.4) is 0 Å². The predicted octanol–water partition coefficient (Wildman–Crippen LogP) is 5.41. The van der Waals surface area contributed by atoms with Crippen LogP contribution in [-0.2, 0) is 9.59 Å². The molecule has 0 atom stereocenters. The SMILES string of the molecule is Cc1ccc(NC2=C(c3cccs3)C(=O)N(c3ccccc3C)C2=O)cc1Cl. The molecule has 2 aromatic carbocycles. The number of hydrogen-bond acceptors (Lipinski definition) is 4. The summed E-state index contributed by atoms with van der Waals surface area (Å²) in [4.78, 5) is 28.5. The lowest BCUT2D eigenvalue weighted by Gasteiger charge is -2.17. The number of anilines is 2. The van der Waals surface area contributed by atoms with Gasteiger partial charge in [-0.15, -0.1) is 11.3 Å². The highest BCUT2D eigenvalue weighted by Crippen LogP contribution is 2.36. The molecule has 0 aliphatic carbocycles. The van der Waals surface area contributed by atoms with Crippen LogP contribution in [-0.4, -0.2) is 11.8 Å². The number of imide groups is 1. The third-order valence-electron chi connectivity index (χ3n) is 4.65. The Morgan fingerprint density at radius 2 is 1.71 bits per heavy atom. The Morgan fingerprint density at radius 1 is 0.929 bits per heavy atom. The third kappa shape index (κ3) is 3.13. The van der Waals surface area contributed by atoms with Crippen molar-refractivity contribution < 1.29 is 9.59 Å². The largest absolute Gasteiger partial charge is 0.350 e. The van der Waals surface area contributed by atoms with Gasteiger partial charge in [-0.1, -0.05) is 41.9 Å². The number of aryl methyl sites for hydroxylation is 2. The highest BCUT2D eigenvalue weighted by Gasteiger charge is 2.41. The second-order valence-corrected chi connectivity index (χ2v) is 7.90. The van der Waals surface area contributed by atoms with Crippen LogP contribution in [0, 0.1) is 13.8 Å². The van der Waals surface area contributed by atoms with Gasteiger partial charge in [0.1, 0.15) is 5.70 Å². The molecule has 0 unspecified atom stereocenters. The summed E-state index contributed by atoms with van der Waals surface area (Å²) in [6, 6.07) is 16.5. The lowest BCUT2D eigenvalue weighted by Crippen LogP contribution is -2.32. The van der Waals surface area contributed by atoms with Crippen molar-refractivity contribution in [3.05, 3.63) is 86.7 Å². The minimum Gasteiger partial charge on any atom is -0.350 e. The minimum atomic E-state index is -0.376. The van der Waals surface area contributed by atoms with E-state index in [0.717, 1.165) is 16.0 Å². The maximum atomic E-state index is 13.3. The van der Waals surface area contributed by atoms with Gasteiger partial charge in [0.25, 0.3) is 11.8 Å². The fourth-order valence-corrected chi connectivity index (χ4v) is 4.09. The number of nitrogens with zero attached hydrogens (tertiary/aromatic N) is 1. The fraction of sp³-hybridized carbons (Fsp3) is 0.0909. The second-order valence-electron chi connectivity index (χ2n) is 6.55. The van der Waals surface area contributed by atoms with Gasteiger partial charge in [0.15, 0.2) is 0 Å². The van der Waals surface area contributed by atoms with Gasteiger partial charge in [0, 0.05) is 15.6 Å². The van der Waals surface area contributed by atoms with E-state index in [2.05, 4.69) is 5.32 Å². The predicted molar refractivity (Wildman–Crippen MR) is 115 cm³/mol. The molecule has 1 aliphatic rings. The number of halogens is 1. The lowest BCUT2D eigenvalue weighted by molar-refractivity contribution is -0.120. The summed E-state index contributed by atoms with van der Waals surface area (Å²) in [7, 11) is 0. The molecule has 0 radical (unpaired) electrons. The molecule has 4 nitrogen and oxygen atoms in total. The molecule has 0 saturated carbocycles. The van der Waals surface area contributed by atoms with Gasteiger partial charge in [-0.3, -0.25) is 9.59 Å². The molecule has 4 rings (SSSR count). The molecule has 1 aromatic heterocycles. The maximum Gasteiger partial charge on any atom is 0.282 e. The zero-order chi connectivity index (χ0) is 19.8. The van der Waals surface area contributed by atoms with Gasteiger partial charge in [0.2, 0.25) is 0 Å². The standard InChI is InChI=1S/C22H17ClN2O2S/c1-13-9-10-15(12-16(13)23)24-20-19(18-8-5-11-28-18)21(26)25(22(20)27)17-7-4-3-6-14(17)2/h3-12,24H,1-2H3. The van der Waals surface area contributed by atoms with Crippen molar-refractivity contribution in [2.45, 2.75) is 13.8 Å². The van der Waals surface area contributed by atoms with Crippen LogP contribution in [0.2, 0.25) is 5.02 Å². The molecule has 2 amide bonds. The molecule has 0 fully saturated rings. The molecule has 1 aliphatic heterocycles. The Balaban J connectivity index is 1.82. The van der Waals surface area contributed by atoms with Crippen molar-refractivity contribution in [2.24, 2.45) is 0 Å². The Kier molecular flexibility index (Phi) is 4.79. The van der Waals surface area contributed by atoms with Crippen LogP contribution in [0.4, 0.5) is 11.4 Å². The van der Waals surface area contributed by atoms with Crippen LogP contribution in [0.15, 0.2) is 65.7 Å². The molecule has 140 valence electrons. The molecule has 0 spiro atoms. The monoisotopic (exact) mass is 408 g/mol. The number of rotatable bonds is 4. The van der Waals surface area contributed by atoms with Crippen molar-refractivity contribution in [2.75, 3.05) is 10.2 Å². The number of nitrogens with one attached hydrogen (secondary N) is 1. The van der Waals surface area contributed by atoms with E-state index in [1.165, 1.54) is 16.2 Å². The quantitative estimate of drug-likeness (QED) is 0.587. The van der Waals surface area contributed by atoms with Gasteiger partial charge in [-0.05, 0) is 54.6 Å². The van der Waals surface area contributed by atoms with E-state index >= 15 is 0 Å². The van der Waals surface area contributed by atoms with Crippen LogP contribution in [0.1, 0.15) is 16.0 Å². The van der Waals surface area contributed by atoms with Gasteiger partial charge < -0.3 is 5.32 Å². The van der Waals surface area contributed by atoms with Gasteiger partial charge >= 0.3 is 0 Å². The Bertz CT molecular complexity index is 1120. The van der Waals surface area contributed by atoms with Gasteiger partial charge in [0.05, 0.1) is 11.3 Å². The first-order valence-electron chi connectivity index (χ1n) is 8.73. The van der Waals surface area contributed by atoms with Crippen LogP contribution in [0.25, 0.3) is 5.57 Å². The number of para-hydroxylation sites is 1. The van der Waals surface area contributed by atoms with E-state index in [-0.39, 0.29) is 17.5 Å². The van der Waals surface area contributed by atoms with E-state index in [1.807, 2.05) is 61.7 Å². The van der Waals surface area contributed by atoms with Crippen molar-refractivity contribution in [1.29, 1.82) is 0 Å². The Hall–Kier alpha value is -2.89. The summed E-state index contributed by atoms with van der Waals surface area (Å²) >= 11 is 7.65. The first kappa shape index (κ1) is 18.5. The average Bonchev–Trinajstić information content (AvgIpc) is 3.27. The number of carbonyl (C=O) groups excluding carboxylic acids is 2. The van der Waals surface area contributed by atoms with Gasteiger partial charge in [-0.25, -0.2) is 4.90 Å². The second kappa shape index (κ2) is 7.26. The highest BCUT2D eigenvalue weighted by molar-refractivity contribution is 7.11. The maximum absolute atomic E-state index is 13.3. The molecule has 6 heteroatoms. The van der Waals surface area contributed by atoms with Crippen LogP contribution < -0.4 is 10.2 Å². The number of carbonyl (C=O) groups is 2. The lowest BCUT2D eigenvalue weighted by atomic mass is 10.1. The van der Waals surface area contributed by atoms with Crippen molar-refractivity contribution >= 4 is 51.7 Å². The third-order valence-corrected chi connectivity index (χ3v) is 5.94. The summed E-state index contributed by atoms with van der Waals surface area (Å²) < 4.78 is 0. The zero-order valence-electron chi connectivity index (χ0n) is 15.3. The van der Waals surface area contributed by atoms with Crippen molar-refractivity contribution in [3.8, 4) is 0 Å². The molecule has 1 N–H and O–H groups in total. The first-order valence-corrected chi connectivity index (χ1v) is 9.99. The minimum absolute atomic E-state index is 0.260. The van der Waals surface area contributed by atoms with E-state index in [9.17, 15) is 9.59 Å². The van der Waals surface area contributed by atoms with E-state index < -0.39 is 0 Å². The molecule has 28 heavy (non-hydrogen) atoms. The molecule has 0 bridgehead atoms. The fourth-order valence-electron chi connectivity index (χ4n) is 3.14. The van der Waals surface area contributed by atoms with Crippen molar-refractivity contribution in [3.63, 3.8) is 0 Å². The summed E-state index contributed by atoms with van der Waals surface area (Å²) in [6.07, 6.45) is 0. The number of amides is 2. The van der Waals surface area contributed by atoms with Crippen LogP contribution >= 0.6 is 22.9 Å². The molecular formula is C22H17ClN2O2S. The van der Waals surface area contributed by atoms with Crippen LogP contribution in [0.5, 0.6) is 0 Å². The average molecular weight is 409 g/mol. The van der Waals surface area contributed by atoms with Crippen molar-refractivity contribution in [1.82, 2.24) is 0 Å². The zero-order valence-corrected chi connectivity index (χ0v) is 16.9. The van der Waals surface area contributed by atoms with E-state index in [4.69, 9.17) is 11.6 Å². The summed E-state index contributed by atoms with van der Waals surface area (Å²) in [5.41, 5.74) is 3.68. The molecular weight excluding hydrogens is 392 g/mol. The topological polar surface area (TPSA) is 49.4 Å². The van der Waals surface area contributed by atoms with E-state index in [1.54, 1.807) is 12.1 Å². The number of benzene rings is 2. The molecule has 0 saturated heterocycles. The molecule has 3 aromatic rings. The van der Waals surface area contributed by atoms with Gasteiger partial charge in [-0.2, -0.15) is 0 Å². The Labute approximate surface area is 172 Å². The summed E-state index contributed by atoms with van der Waals surface area (Å²) in [6.45, 7) is 3.79. The summed E-state index contributed by atoms with van der Waals surface area (Å²) in [5.74, 6) is -0.707. The first-order chi connectivity index (χ1) is 13.5. The normalized spacial score (nSPS) is 14.2. The number of hydrogen-bond donors (Lipinski definition) is 1. The summed E-state index contributed by atoms with van der Waals surface area (Å²) in [5, 5.41) is 5.62.